The lowest BCUT2D eigenvalue weighted by Crippen LogP contribution is -2.06. The summed E-state index contributed by atoms with van der Waals surface area (Å²) in [4.78, 5) is 0. The van der Waals surface area contributed by atoms with E-state index < -0.39 is 0 Å². The number of nitriles is 1. The molecular formula is C12H16N2OS. The number of nitrogens with zero attached hydrogens (tertiary/aromatic N) is 2. The largest absolute Gasteiger partial charge is 0.481 e. The minimum atomic E-state index is 0.584. The second kappa shape index (κ2) is 5.78. The molecule has 86 valence electrons. The molecule has 0 atom stereocenters. The zero-order chi connectivity index (χ0) is 12.1. The van der Waals surface area contributed by atoms with Crippen molar-refractivity contribution in [1.29, 1.82) is 5.26 Å². The molecule has 4 heteroatoms. The van der Waals surface area contributed by atoms with E-state index in [-0.39, 0.29) is 0 Å². The fraction of sp³-hybridized carbons (Fsp3) is 0.417. The third kappa shape index (κ3) is 3.44. The Balaban J connectivity index is 2.77. The highest BCUT2D eigenvalue weighted by molar-refractivity contribution is 7.96. The molecule has 0 radical (unpaired) electrons. The molecule has 3 nitrogen and oxygen atoms in total. The maximum atomic E-state index is 8.82. The lowest BCUT2D eigenvalue weighted by molar-refractivity contribution is 0.383. The highest BCUT2D eigenvalue weighted by Crippen LogP contribution is 2.25. The summed E-state index contributed by atoms with van der Waals surface area (Å²) in [6.07, 6.45) is 0. The van der Waals surface area contributed by atoms with E-state index in [0.29, 0.717) is 11.5 Å². The molecule has 0 aliphatic rings. The number of benzene rings is 1. The fourth-order valence-electron chi connectivity index (χ4n) is 1.43. The molecule has 1 rings (SSSR count). The van der Waals surface area contributed by atoms with Gasteiger partial charge in [-0.25, -0.2) is 0 Å². The maximum Gasteiger partial charge on any atom is 0.148 e. The smallest absolute Gasteiger partial charge is 0.148 e. The first kappa shape index (κ1) is 12.9. The van der Waals surface area contributed by atoms with E-state index in [4.69, 9.17) is 10.00 Å². The minimum Gasteiger partial charge on any atom is -0.481 e. The molecule has 1 aromatic carbocycles. The molecule has 0 fully saturated rings. The van der Waals surface area contributed by atoms with Crippen molar-refractivity contribution >= 4 is 11.9 Å². The topological polar surface area (TPSA) is 36.3 Å². The molecule has 1 aromatic rings. The van der Waals surface area contributed by atoms with E-state index >= 15 is 0 Å². The van der Waals surface area contributed by atoms with Crippen LogP contribution in [0.2, 0.25) is 0 Å². The van der Waals surface area contributed by atoms with Gasteiger partial charge in [-0.1, -0.05) is 0 Å². The van der Waals surface area contributed by atoms with Crippen molar-refractivity contribution in [2.24, 2.45) is 0 Å². The van der Waals surface area contributed by atoms with Crippen LogP contribution in [-0.4, -0.2) is 24.3 Å². The highest BCUT2D eigenvalue weighted by atomic mass is 32.2. The van der Waals surface area contributed by atoms with Gasteiger partial charge in [0.1, 0.15) is 11.7 Å². The third-order valence-electron chi connectivity index (χ3n) is 2.10. The van der Waals surface area contributed by atoms with Gasteiger partial charge in [-0.3, -0.25) is 4.31 Å². The molecule has 0 saturated heterocycles. The summed E-state index contributed by atoms with van der Waals surface area (Å²) in [5.41, 5.74) is 2.70. The number of rotatable bonds is 4. The molecule has 0 aliphatic heterocycles. The average Bonchev–Trinajstić information content (AvgIpc) is 2.21. The highest BCUT2D eigenvalue weighted by Gasteiger charge is 2.06. The van der Waals surface area contributed by atoms with Gasteiger partial charge in [0.2, 0.25) is 0 Å². The van der Waals surface area contributed by atoms with Crippen molar-refractivity contribution < 1.29 is 4.74 Å². The molecule has 0 aromatic heterocycles. The van der Waals surface area contributed by atoms with E-state index in [1.54, 1.807) is 11.9 Å². The van der Waals surface area contributed by atoms with E-state index in [0.717, 1.165) is 16.9 Å². The van der Waals surface area contributed by atoms with Gasteiger partial charge in [0.25, 0.3) is 0 Å². The van der Waals surface area contributed by atoms with Crippen LogP contribution < -0.4 is 4.74 Å². The van der Waals surface area contributed by atoms with Gasteiger partial charge < -0.3 is 4.74 Å². The van der Waals surface area contributed by atoms with Gasteiger partial charge >= 0.3 is 0 Å². The van der Waals surface area contributed by atoms with Gasteiger partial charge in [0, 0.05) is 0 Å². The normalized spacial score (nSPS) is 10.2. The van der Waals surface area contributed by atoms with Crippen molar-refractivity contribution in [3.8, 4) is 11.8 Å². The van der Waals surface area contributed by atoms with Crippen molar-refractivity contribution in [2.45, 2.75) is 13.8 Å². The molecule has 16 heavy (non-hydrogen) atoms. The van der Waals surface area contributed by atoms with Crippen molar-refractivity contribution in [2.75, 3.05) is 20.0 Å². The molecule has 0 amide bonds. The van der Waals surface area contributed by atoms with E-state index in [1.807, 2.05) is 44.4 Å². The van der Waals surface area contributed by atoms with Gasteiger partial charge in [0.05, 0.1) is 11.6 Å². The first-order valence-electron chi connectivity index (χ1n) is 4.99. The Kier molecular flexibility index (Phi) is 4.66. The van der Waals surface area contributed by atoms with Crippen LogP contribution in [0.5, 0.6) is 5.75 Å². The van der Waals surface area contributed by atoms with Gasteiger partial charge in [-0.15, -0.1) is 0 Å². The molecule has 0 aliphatic carbocycles. The molecule has 0 heterocycles. The summed E-state index contributed by atoms with van der Waals surface area (Å²) in [6.45, 7) is 3.92. The average molecular weight is 236 g/mol. The first-order chi connectivity index (χ1) is 7.54. The molecule has 0 saturated carbocycles. The predicted molar refractivity (Wildman–Crippen MR) is 67.4 cm³/mol. The van der Waals surface area contributed by atoms with Crippen molar-refractivity contribution in [3.05, 3.63) is 28.8 Å². The second-order valence-corrected chi connectivity index (χ2v) is 4.98. The zero-order valence-electron chi connectivity index (χ0n) is 10.1. The van der Waals surface area contributed by atoms with Crippen molar-refractivity contribution in [1.82, 2.24) is 4.31 Å². The lowest BCUT2D eigenvalue weighted by Gasteiger charge is -2.14. The number of aryl methyl sites for hydroxylation is 2. The summed E-state index contributed by atoms with van der Waals surface area (Å²) < 4.78 is 7.68. The van der Waals surface area contributed by atoms with Crippen LogP contribution in [0.25, 0.3) is 0 Å². The standard InChI is InChI=1S/C12H16N2OS/c1-9-5-11(7-13)6-10(2)12(9)15-8-16-14(3)4/h5-6H,8H2,1-4H3. The summed E-state index contributed by atoms with van der Waals surface area (Å²) in [5, 5.41) is 8.82. The van der Waals surface area contributed by atoms with Crippen LogP contribution in [0, 0.1) is 25.2 Å². The number of hydrogen-bond acceptors (Lipinski definition) is 4. The number of ether oxygens (including phenoxy) is 1. The molecule has 0 spiro atoms. The SMILES string of the molecule is Cc1cc(C#N)cc(C)c1OCSN(C)C. The summed E-state index contributed by atoms with van der Waals surface area (Å²) in [6, 6.07) is 5.84. The van der Waals surface area contributed by atoms with Gasteiger partial charge in [-0.2, -0.15) is 5.26 Å². The Labute approximate surface area is 101 Å². The summed E-state index contributed by atoms with van der Waals surface area (Å²) in [7, 11) is 3.96. The van der Waals surface area contributed by atoms with Gasteiger partial charge in [-0.05, 0) is 63.2 Å². The van der Waals surface area contributed by atoms with Crippen molar-refractivity contribution in [3.63, 3.8) is 0 Å². The first-order valence-corrected chi connectivity index (χ1v) is 5.93. The fourth-order valence-corrected chi connectivity index (χ4v) is 1.81. The maximum absolute atomic E-state index is 8.82. The third-order valence-corrected chi connectivity index (χ3v) is 2.84. The second-order valence-electron chi connectivity index (χ2n) is 3.75. The molecular weight excluding hydrogens is 220 g/mol. The van der Waals surface area contributed by atoms with Crippen LogP contribution in [0.1, 0.15) is 16.7 Å². The summed E-state index contributed by atoms with van der Waals surface area (Å²) in [5.74, 6) is 1.47. The van der Waals surface area contributed by atoms with Crippen LogP contribution >= 0.6 is 11.9 Å². The Morgan fingerprint density at radius 1 is 1.31 bits per heavy atom. The van der Waals surface area contributed by atoms with Crippen LogP contribution in [0.3, 0.4) is 0 Å². The predicted octanol–water partition coefficient (Wildman–Crippen LogP) is 2.72. The molecule has 0 N–H and O–H groups in total. The lowest BCUT2D eigenvalue weighted by atomic mass is 10.1. The number of hydrogen-bond donors (Lipinski definition) is 0. The van der Waals surface area contributed by atoms with Crippen LogP contribution in [-0.2, 0) is 0 Å². The molecule has 0 bridgehead atoms. The Morgan fingerprint density at radius 2 is 1.88 bits per heavy atom. The van der Waals surface area contributed by atoms with E-state index in [9.17, 15) is 0 Å². The van der Waals surface area contributed by atoms with Crippen LogP contribution in [0.15, 0.2) is 12.1 Å². The van der Waals surface area contributed by atoms with Crippen LogP contribution in [0.4, 0.5) is 0 Å². The zero-order valence-corrected chi connectivity index (χ0v) is 10.9. The quantitative estimate of drug-likeness (QED) is 0.595. The van der Waals surface area contributed by atoms with E-state index in [1.165, 1.54) is 0 Å². The Hall–Kier alpha value is -1.18. The minimum absolute atomic E-state index is 0.584. The Morgan fingerprint density at radius 3 is 2.31 bits per heavy atom. The monoisotopic (exact) mass is 236 g/mol. The Bertz CT molecular complexity index is 387. The summed E-state index contributed by atoms with van der Waals surface area (Å²) >= 11 is 1.60. The molecule has 0 unspecified atom stereocenters. The van der Waals surface area contributed by atoms with Gasteiger partial charge in [0.15, 0.2) is 0 Å². The van der Waals surface area contributed by atoms with E-state index in [2.05, 4.69) is 6.07 Å².